The number of carbonyl (C=O) groups is 2. The molecule has 0 saturated carbocycles. The number of carbonyl (C=O) groups excluding carboxylic acids is 2. The first-order chi connectivity index (χ1) is 9.10. The number of amides is 3. The van der Waals surface area contributed by atoms with Gasteiger partial charge in [-0.2, -0.15) is 0 Å². The quantitative estimate of drug-likeness (QED) is 0.676. The predicted octanol–water partition coefficient (Wildman–Crippen LogP) is 0.716. The number of hydrogen-bond donors (Lipinski definition) is 3. The van der Waals surface area contributed by atoms with E-state index in [-0.39, 0.29) is 24.4 Å². The Hall–Kier alpha value is -0.850. The second kappa shape index (κ2) is 9.96. The zero-order valence-electron chi connectivity index (χ0n) is 12.6. The van der Waals surface area contributed by atoms with Crippen LogP contribution < -0.4 is 16.0 Å². The highest BCUT2D eigenvalue weighted by atomic mass is 35.5. The molecule has 6 nitrogen and oxygen atoms in total. The molecular weight excluding hydrogens is 280 g/mol. The van der Waals surface area contributed by atoms with Crippen LogP contribution in [0.1, 0.15) is 33.6 Å². The third kappa shape index (κ3) is 5.64. The number of imide groups is 1. The lowest BCUT2D eigenvalue weighted by Crippen LogP contribution is -2.53. The van der Waals surface area contributed by atoms with Crippen molar-refractivity contribution in [1.29, 1.82) is 0 Å². The summed E-state index contributed by atoms with van der Waals surface area (Å²) in [6.07, 6.45) is 2.05. The van der Waals surface area contributed by atoms with Crippen LogP contribution >= 0.6 is 12.4 Å². The van der Waals surface area contributed by atoms with Gasteiger partial charge in [0.1, 0.15) is 0 Å². The Morgan fingerprint density at radius 2 is 2.10 bits per heavy atom. The molecule has 2 unspecified atom stereocenters. The van der Waals surface area contributed by atoms with Gasteiger partial charge in [0.25, 0.3) is 0 Å². The SMILES string of the molecule is CCCN(C1CCNC1)C(C)C(=O)NC(=O)NCC.Cl. The molecule has 3 amide bonds. The van der Waals surface area contributed by atoms with Crippen LogP contribution in [-0.4, -0.2) is 55.1 Å². The van der Waals surface area contributed by atoms with Gasteiger partial charge in [0.05, 0.1) is 6.04 Å². The maximum absolute atomic E-state index is 12.1. The van der Waals surface area contributed by atoms with E-state index in [0.717, 1.165) is 32.5 Å². The van der Waals surface area contributed by atoms with Crippen LogP contribution in [0.4, 0.5) is 4.79 Å². The monoisotopic (exact) mass is 306 g/mol. The largest absolute Gasteiger partial charge is 0.338 e. The van der Waals surface area contributed by atoms with Gasteiger partial charge >= 0.3 is 6.03 Å². The average molecular weight is 307 g/mol. The normalized spacial score (nSPS) is 19.3. The number of rotatable bonds is 6. The Balaban J connectivity index is 0.00000361. The first-order valence-corrected chi connectivity index (χ1v) is 7.15. The van der Waals surface area contributed by atoms with Crippen LogP contribution in [0, 0.1) is 0 Å². The van der Waals surface area contributed by atoms with Crippen molar-refractivity contribution in [1.82, 2.24) is 20.9 Å². The first-order valence-electron chi connectivity index (χ1n) is 7.15. The number of halogens is 1. The lowest BCUT2D eigenvalue weighted by atomic mass is 10.1. The first kappa shape index (κ1) is 19.1. The summed E-state index contributed by atoms with van der Waals surface area (Å²) in [5.41, 5.74) is 0. The summed E-state index contributed by atoms with van der Waals surface area (Å²) in [4.78, 5) is 25.6. The van der Waals surface area contributed by atoms with Crippen molar-refractivity contribution >= 4 is 24.3 Å². The number of nitrogens with one attached hydrogen (secondary N) is 3. The summed E-state index contributed by atoms with van der Waals surface area (Å²) in [7, 11) is 0. The average Bonchev–Trinajstić information content (AvgIpc) is 2.88. The topological polar surface area (TPSA) is 73.5 Å². The van der Waals surface area contributed by atoms with E-state index >= 15 is 0 Å². The van der Waals surface area contributed by atoms with Gasteiger partial charge in [0.2, 0.25) is 5.91 Å². The molecule has 1 saturated heterocycles. The van der Waals surface area contributed by atoms with Crippen molar-refractivity contribution in [3.63, 3.8) is 0 Å². The zero-order chi connectivity index (χ0) is 14.3. The highest BCUT2D eigenvalue weighted by Gasteiger charge is 2.29. The number of nitrogens with zero attached hydrogens (tertiary/aromatic N) is 1. The van der Waals surface area contributed by atoms with Crippen molar-refractivity contribution < 1.29 is 9.59 Å². The molecule has 1 aliphatic rings. The predicted molar refractivity (Wildman–Crippen MR) is 82.2 cm³/mol. The third-order valence-electron chi connectivity index (χ3n) is 3.44. The molecule has 0 aliphatic carbocycles. The van der Waals surface area contributed by atoms with Gasteiger partial charge in [0.15, 0.2) is 0 Å². The zero-order valence-corrected chi connectivity index (χ0v) is 13.4. The van der Waals surface area contributed by atoms with Gasteiger partial charge in [0, 0.05) is 19.1 Å². The fourth-order valence-electron chi connectivity index (χ4n) is 2.44. The molecule has 20 heavy (non-hydrogen) atoms. The van der Waals surface area contributed by atoms with E-state index in [1.807, 2.05) is 13.8 Å². The van der Waals surface area contributed by atoms with E-state index in [1.165, 1.54) is 0 Å². The van der Waals surface area contributed by atoms with Crippen molar-refractivity contribution in [2.45, 2.75) is 45.7 Å². The van der Waals surface area contributed by atoms with E-state index < -0.39 is 6.03 Å². The van der Waals surface area contributed by atoms with E-state index in [4.69, 9.17) is 0 Å². The molecule has 7 heteroatoms. The number of hydrogen-bond acceptors (Lipinski definition) is 4. The summed E-state index contributed by atoms with van der Waals surface area (Å²) >= 11 is 0. The molecule has 1 aliphatic heterocycles. The Morgan fingerprint density at radius 3 is 2.60 bits per heavy atom. The van der Waals surface area contributed by atoms with Crippen LogP contribution in [0.2, 0.25) is 0 Å². The molecule has 118 valence electrons. The fraction of sp³-hybridized carbons (Fsp3) is 0.846. The molecule has 0 aromatic carbocycles. The summed E-state index contributed by atoms with van der Waals surface area (Å²) in [6, 6.07) is -0.317. The molecule has 0 spiro atoms. The molecule has 0 aromatic heterocycles. The smallest absolute Gasteiger partial charge is 0.321 e. The van der Waals surface area contributed by atoms with E-state index in [0.29, 0.717) is 12.6 Å². The Morgan fingerprint density at radius 1 is 1.40 bits per heavy atom. The van der Waals surface area contributed by atoms with Crippen LogP contribution in [-0.2, 0) is 4.79 Å². The van der Waals surface area contributed by atoms with Gasteiger partial charge < -0.3 is 10.6 Å². The van der Waals surface area contributed by atoms with Crippen molar-refractivity contribution in [2.75, 3.05) is 26.2 Å². The highest BCUT2D eigenvalue weighted by molar-refractivity contribution is 5.96. The lowest BCUT2D eigenvalue weighted by Gasteiger charge is -2.32. The van der Waals surface area contributed by atoms with Crippen LogP contribution in [0.5, 0.6) is 0 Å². The molecule has 2 atom stereocenters. The summed E-state index contributed by atoms with van der Waals surface area (Å²) in [5.74, 6) is -0.230. The third-order valence-corrected chi connectivity index (χ3v) is 3.44. The fourth-order valence-corrected chi connectivity index (χ4v) is 2.44. The molecule has 0 bridgehead atoms. The molecular formula is C13H27ClN4O2. The van der Waals surface area contributed by atoms with Crippen LogP contribution in [0.15, 0.2) is 0 Å². The van der Waals surface area contributed by atoms with Gasteiger partial charge in [-0.3, -0.25) is 15.0 Å². The van der Waals surface area contributed by atoms with Crippen molar-refractivity contribution in [2.24, 2.45) is 0 Å². The summed E-state index contributed by atoms with van der Waals surface area (Å²) in [5, 5.41) is 8.28. The Labute approximate surface area is 127 Å². The van der Waals surface area contributed by atoms with Crippen LogP contribution in [0.25, 0.3) is 0 Å². The Bertz CT molecular complexity index is 309. The molecule has 0 aromatic rings. The highest BCUT2D eigenvalue weighted by Crippen LogP contribution is 2.13. The van der Waals surface area contributed by atoms with E-state index in [1.54, 1.807) is 0 Å². The Kier molecular flexibility index (Phi) is 9.54. The molecule has 1 fully saturated rings. The minimum Gasteiger partial charge on any atom is -0.338 e. The minimum absolute atomic E-state index is 0. The van der Waals surface area contributed by atoms with Gasteiger partial charge in [-0.1, -0.05) is 6.92 Å². The molecule has 1 rings (SSSR count). The van der Waals surface area contributed by atoms with Gasteiger partial charge in [-0.25, -0.2) is 4.79 Å². The second-order valence-corrected chi connectivity index (χ2v) is 4.91. The van der Waals surface area contributed by atoms with E-state index in [9.17, 15) is 9.59 Å². The van der Waals surface area contributed by atoms with E-state index in [2.05, 4.69) is 27.8 Å². The van der Waals surface area contributed by atoms with Gasteiger partial charge in [-0.05, 0) is 39.8 Å². The maximum Gasteiger partial charge on any atom is 0.321 e. The van der Waals surface area contributed by atoms with Crippen molar-refractivity contribution in [3.05, 3.63) is 0 Å². The maximum atomic E-state index is 12.1. The standard InChI is InChI=1S/C13H26N4O2.ClH/c1-4-8-17(11-6-7-14-9-11)10(3)12(18)16-13(19)15-5-2;/h10-11,14H,4-9H2,1-3H3,(H2,15,16,18,19);1H. The lowest BCUT2D eigenvalue weighted by molar-refractivity contribution is -0.125. The summed E-state index contributed by atoms with van der Waals surface area (Å²) < 4.78 is 0. The van der Waals surface area contributed by atoms with Gasteiger partial charge in [-0.15, -0.1) is 12.4 Å². The molecule has 0 radical (unpaired) electrons. The second-order valence-electron chi connectivity index (χ2n) is 4.91. The number of urea groups is 1. The van der Waals surface area contributed by atoms with Crippen LogP contribution in [0.3, 0.4) is 0 Å². The van der Waals surface area contributed by atoms with Crippen molar-refractivity contribution in [3.8, 4) is 0 Å². The molecule has 3 N–H and O–H groups in total. The summed E-state index contributed by atoms with van der Waals surface area (Å²) in [6.45, 7) is 9.08. The minimum atomic E-state index is -0.416. The molecule has 1 heterocycles.